The summed E-state index contributed by atoms with van der Waals surface area (Å²) < 4.78 is 44.0. The molecular formula is C26H28F3N7O. The van der Waals surface area contributed by atoms with Gasteiger partial charge in [-0.3, -0.25) is 14.1 Å². The van der Waals surface area contributed by atoms with Crippen LogP contribution < -0.4 is 11.1 Å². The van der Waals surface area contributed by atoms with Gasteiger partial charge in [0, 0.05) is 41.8 Å². The first-order valence-corrected chi connectivity index (χ1v) is 12.0. The summed E-state index contributed by atoms with van der Waals surface area (Å²) in [7, 11) is 0. The molecule has 0 aliphatic carbocycles. The van der Waals surface area contributed by atoms with Crippen molar-refractivity contribution in [3.8, 4) is 11.5 Å². The first-order valence-electron chi connectivity index (χ1n) is 12.0. The number of rotatable bonds is 4. The van der Waals surface area contributed by atoms with Crippen molar-refractivity contribution in [1.82, 2.24) is 29.8 Å². The fourth-order valence-corrected chi connectivity index (χ4v) is 4.70. The maximum Gasteiger partial charge on any atom is 0.408 e. The molecule has 1 saturated heterocycles. The van der Waals surface area contributed by atoms with E-state index in [0.717, 1.165) is 5.39 Å². The Bertz CT molecular complexity index is 1470. The lowest BCUT2D eigenvalue weighted by atomic mass is 10.1. The van der Waals surface area contributed by atoms with Gasteiger partial charge in [-0.05, 0) is 57.0 Å². The van der Waals surface area contributed by atoms with E-state index in [1.54, 1.807) is 24.3 Å². The van der Waals surface area contributed by atoms with Crippen LogP contribution in [0.15, 0.2) is 48.7 Å². The summed E-state index contributed by atoms with van der Waals surface area (Å²) in [5, 5.41) is 12.1. The lowest BCUT2D eigenvalue weighted by molar-refractivity contribution is -0.183. The zero-order valence-electron chi connectivity index (χ0n) is 20.8. The zero-order chi connectivity index (χ0) is 26.5. The minimum atomic E-state index is -4.48. The highest BCUT2D eigenvalue weighted by molar-refractivity contribution is 5.98. The first kappa shape index (κ1) is 25.1. The number of alkyl halides is 3. The normalized spacial score (nSPS) is 18.0. The van der Waals surface area contributed by atoms with Gasteiger partial charge in [0.25, 0.3) is 5.91 Å². The van der Waals surface area contributed by atoms with Crippen LogP contribution in [0.3, 0.4) is 0 Å². The first-order chi connectivity index (χ1) is 17.4. The van der Waals surface area contributed by atoms with E-state index in [9.17, 15) is 18.0 Å². The lowest BCUT2D eigenvalue weighted by Gasteiger charge is -2.30. The molecule has 11 heteroatoms. The molecule has 1 aromatic carbocycles. The quantitative estimate of drug-likeness (QED) is 0.428. The van der Waals surface area contributed by atoms with Crippen LogP contribution in [-0.2, 0) is 0 Å². The standard InChI is InChI=1S/C26H28F3N7O/c1-25(2,3)32-24(37)16-5-4-15-6-8-19(31-20(15)12-16)23-34-33-21-9-7-17(13-36(21)23)22(26(27,28)29)35-11-10-18(30)14-35/h4-9,12-13,18,22H,10-11,14,30H2,1-3H3,(H,32,37)/t18-,22+/m0/s1. The van der Waals surface area contributed by atoms with Crippen LogP contribution in [0.1, 0.15) is 49.2 Å². The molecule has 0 saturated carbocycles. The molecule has 3 aromatic heterocycles. The van der Waals surface area contributed by atoms with Crippen LogP contribution >= 0.6 is 0 Å². The Kier molecular flexibility index (Phi) is 6.15. The zero-order valence-corrected chi connectivity index (χ0v) is 20.8. The van der Waals surface area contributed by atoms with Gasteiger partial charge in [0.2, 0.25) is 0 Å². The van der Waals surface area contributed by atoms with E-state index in [2.05, 4.69) is 20.5 Å². The summed E-state index contributed by atoms with van der Waals surface area (Å²) in [4.78, 5) is 18.7. The van der Waals surface area contributed by atoms with E-state index >= 15 is 0 Å². The highest BCUT2D eigenvalue weighted by Gasteiger charge is 2.46. The molecule has 3 N–H and O–H groups in total. The third-order valence-corrected chi connectivity index (χ3v) is 6.34. The minimum absolute atomic E-state index is 0.0806. The molecule has 2 atom stereocenters. The number of benzene rings is 1. The fourth-order valence-electron chi connectivity index (χ4n) is 4.70. The van der Waals surface area contributed by atoms with Gasteiger partial charge >= 0.3 is 6.18 Å². The van der Waals surface area contributed by atoms with Crippen molar-refractivity contribution in [2.75, 3.05) is 13.1 Å². The second-order valence-electron chi connectivity index (χ2n) is 10.5. The molecule has 0 unspecified atom stereocenters. The van der Waals surface area contributed by atoms with Gasteiger partial charge in [-0.2, -0.15) is 13.2 Å². The van der Waals surface area contributed by atoms with Gasteiger partial charge in [-0.25, -0.2) is 4.98 Å². The second-order valence-corrected chi connectivity index (χ2v) is 10.5. The van der Waals surface area contributed by atoms with Crippen LogP contribution in [0, 0.1) is 0 Å². The maximum absolute atomic E-state index is 14.1. The van der Waals surface area contributed by atoms with Gasteiger partial charge in [0.15, 0.2) is 11.5 Å². The van der Waals surface area contributed by atoms with Crippen LogP contribution in [0.4, 0.5) is 13.2 Å². The van der Waals surface area contributed by atoms with Crippen LogP contribution in [0.25, 0.3) is 28.1 Å². The van der Waals surface area contributed by atoms with Gasteiger partial charge in [0.05, 0.1) is 5.52 Å². The number of carbonyl (C=O) groups is 1. The molecule has 8 nitrogen and oxygen atoms in total. The number of nitrogens with zero attached hydrogens (tertiary/aromatic N) is 5. The maximum atomic E-state index is 14.1. The number of aromatic nitrogens is 4. The van der Waals surface area contributed by atoms with E-state index in [4.69, 9.17) is 5.73 Å². The van der Waals surface area contributed by atoms with Crippen LogP contribution in [0.2, 0.25) is 0 Å². The highest BCUT2D eigenvalue weighted by atomic mass is 19.4. The Balaban J connectivity index is 1.54. The Hall–Kier alpha value is -3.57. The van der Waals surface area contributed by atoms with Crippen LogP contribution in [0.5, 0.6) is 0 Å². The average molecular weight is 512 g/mol. The predicted octanol–water partition coefficient (Wildman–Crippen LogP) is 4.11. The number of hydrogen-bond acceptors (Lipinski definition) is 6. The van der Waals surface area contributed by atoms with E-state index in [0.29, 0.717) is 34.7 Å². The highest BCUT2D eigenvalue weighted by Crippen LogP contribution is 2.39. The fraction of sp³-hybridized carbons (Fsp3) is 0.385. The number of likely N-dealkylation sites (tertiary alicyclic amines) is 1. The third-order valence-electron chi connectivity index (χ3n) is 6.34. The molecule has 4 heterocycles. The molecule has 1 amide bonds. The van der Waals surface area contributed by atoms with Gasteiger partial charge in [-0.1, -0.05) is 18.2 Å². The van der Waals surface area contributed by atoms with E-state index in [1.165, 1.54) is 27.6 Å². The molecule has 0 spiro atoms. The average Bonchev–Trinajstić information content (AvgIpc) is 3.42. The van der Waals surface area contributed by atoms with E-state index in [-0.39, 0.29) is 30.6 Å². The molecule has 5 rings (SSSR count). The molecular weight excluding hydrogens is 483 g/mol. The predicted molar refractivity (Wildman–Crippen MR) is 134 cm³/mol. The SMILES string of the molecule is CC(C)(C)NC(=O)c1ccc2ccc(-c3nnc4ccc([C@@H](N5CC[C@H](N)C5)C(F)(F)F)cn34)nc2c1. The summed E-state index contributed by atoms with van der Waals surface area (Å²) in [5.41, 5.74) is 7.43. The van der Waals surface area contributed by atoms with E-state index in [1.807, 2.05) is 26.8 Å². The van der Waals surface area contributed by atoms with Crippen molar-refractivity contribution in [1.29, 1.82) is 0 Å². The molecule has 0 radical (unpaired) electrons. The monoisotopic (exact) mass is 511 g/mol. The molecule has 194 valence electrons. The number of pyridine rings is 2. The molecule has 4 aromatic rings. The van der Waals surface area contributed by atoms with Crippen LogP contribution in [-0.4, -0.2) is 61.2 Å². The molecule has 1 aliphatic heterocycles. The Morgan fingerprint density at radius 2 is 1.86 bits per heavy atom. The number of fused-ring (bicyclic) bond motifs is 2. The molecule has 1 fully saturated rings. The lowest BCUT2D eigenvalue weighted by Crippen LogP contribution is -2.40. The second kappa shape index (κ2) is 9.07. The number of hydrogen-bond donors (Lipinski definition) is 2. The number of carbonyl (C=O) groups excluding carboxylic acids is 1. The van der Waals surface area contributed by atoms with Crippen molar-refractivity contribution >= 4 is 22.5 Å². The minimum Gasteiger partial charge on any atom is -0.347 e. The summed E-state index contributed by atoms with van der Waals surface area (Å²) in [6.45, 7) is 6.14. The smallest absolute Gasteiger partial charge is 0.347 e. The summed E-state index contributed by atoms with van der Waals surface area (Å²) in [5.74, 6) is 0.0846. The molecule has 37 heavy (non-hydrogen) atoms. The Morgan fingerprint density at radius 3 is 2.54 bits per heavy atom. The van der Waals surface area contributed by atoms with Crippen molar-refractivity contribution in [3.63, 3.8) is 0 Å². The number of nitrogens with two attached hydrogens (primary N) is 1. The Morgan fingerprint density at radius 1 is 1.11 bits per heavy atom. The van der Waals surface area contributed by atoms with Crippen molar-refractivity contribution in [2.24, 2.45) is 5.73 Å². The molecule has 1 aliphatic rings. The van der Waals surface area contributed by atoms with Gasteiger partial charge in [0.1, 0.15) is 11.7 Å². The van der Waals surface area contributed by atoms with Crippen molar-refractivity contribution in [2.45, 2.75) is 51.0 Å². The van der Waals surface area contributed by atoms with Gasteiger partial charge in [-0.15, -0.1) is 10.2 Å². The number of halogens is 3. The van der Waals surface area contributed by atoms with Crippen molar-refractivity contribution < 1.29 is 18.0 Å². The molecule has 0 bridgehead atoms. The largest absolute Gasteiger partial charge is 0.408 e. The summed E-state index contributed by atoms with van der Waals surface area (Å²) in [6.07, 6.45) is -2.54. The topological polar surface area (TPSA) is 101 Å². The van der Waals surface area contributed by atoms with Gasteiger partial charge < -0.3 is 11.1 Å². The van der Waals surface area contributed by atoms with E-state index < -0.39 is 17.8 Å². The summed E-state index contributed by atoms with van der Waals surface area (Å²) >= 11 is 0. The number of amides is 1. The third kappa shape index (κ3) is 5.14. The summed E-state index contributed by atoms with van der Waals surface area (Å²) in [6, 6.07) is 9.68. The Labute approximate surface area is 211 Å². The van der Waals surface area contributed by atoms with Crippen molar-refractivity contribution in [3.05, 3.63) is 59.8 Å². The number of nitrogens with one attached hydrogen (secondary N) is 1.